The predicted octanol–water partition coefficient (Wildman–Crippen LogP) is 4.12. The van der Waals surface area contributed by atoms with Crippen molar-refractivity contribution in [2.75, 3.05) is 11.9 Å². The maximum Gasteiger partial charge on any atom is 0.263 e. The smallest absolute Gasteiger partial charge is 0.263 e. The fraction of sp³-hybridized carbons (Fsp3) is 0.0909. The highest BCUT2D eigenvalue weighted by Crippen LogP contribution is 2.24. The van der Waals surface area contributed by atoms with E-state index in [1.54, 1.807) is 30.3 Å². The maximum atomic E-state index is 12.0. The Bertz CT molecular complexity index is 1110. The molecule has 0 aliphatic rings. The van der Waals surface area contributed by atoms with E-state index >= 15 is 0 Å². The molecule has 0 saturated carbocycles. The first-order chi connectivity index (χ1) is 14.2. The fourth-order valence-corrected chi connectivity index (χ4v) is 2.68. The van der Waals surface area contributed by atoms with E-state index in [4.69, 9.17) is 9.26 Å². The van der Waals surface area contributed by atoms with Crippen LogP contribution in [0.15, 0.2) is 77.3 Å². The summed E-state index contributed by atoms with van der Waals surface area (Å²) < 4.78 is 10.9. The highest BCUT2D eigenvalue weighted by Gasteiger charge is 2.11. The summed E-state index contributed by atoms with van der Waals surface area (Å²) >= 11 is 0. The second-order valence-corrected chi connectivity index (χ2v) is 6.31. The molecule has 0 spiro atoms. The molecule has 4 rings (SSSR count). The first-order valence-electron chi connectivity index (χ1n) is 9.03. The van der Waals surface area contributed by atoms with Gasteiger partial charge in [-0.15, -0.1) is 0 Å². The SMILES string of the molecule is Cc1cccc(NC(=O)COc2ccc(-c3nc(-c4ccccc4)no3)cc2)n1. The molecule has 0 unspecified atom stereocenters. The van der Waals surface area contributed by atoms with Gasteiger partial charge in [0.25, 0.3) is 11.8 Å². The zero-order chi connectivity index (χ0) is 20.1. The van der Waals surface area contributed by atoms with E-state index in [1.165, 1.54) is 0 Å². The van der Waals surface area contributed by atoms with Gasteiger partial charge < -0.3 is 14.6 Å². The lowest BCUT2D eigenvalue weighted by atomic mass is 10.2. The van der Waals surface area contributed by atoms with Crippen LogP contribution in [-0.2, 0) is 4.79 Å². The van der Waals surface area contributed by atoms with E-state index in [0.29, 0.717) is 23.3 Å². The van der Waals surface area contributed by atoms with Crippen molar-refractivity contribution in [2.45, 2.75) is 6.92 Å². The van der Waals surface area contributed by atoms with E-state index in [1.807, 2.05) is 49.4 Å². The number of benzene rings is 2. The monoisotopic (exact) mass is 386 g/mol. The molecule has 0 fully saturated rings. The van der Waals surface area contributed by atoms with Crippen LogP contribution in [0.1, 0.15) is 5.69 Å². The van der Waals surface area contributed by atoms with Crippen molar-refractivity contribution in [3.8, 4) is 28.6 Å². The molecule has 4 aromatic rings. The van der Waals surface area contributed by atoms with E-state index in [9.17, 15) is 4.79 Å². The lowest BCUT2D eigenvalue weighted by Crippen LogP contribution is -2.20. The number of rotatable bonds is 6. The third-order valence-corrected chi connectivity index (χ3v) is 4.09. The summed E-state index contributed by atoms with van der Waals surface area (Å²) in [5, 5.41) is 6.71. The Hall–Kier alpha value is -4.00. The number of amides is 1. The lowest BCUT2D eigenvalue weighted by molar-refractivity contribution is -0.118. The molecule has 0 aliphatic carbocycles. The van der Waals surface area contributed by atoms with Crippen molar-refractivity contribution >= 4 is 11.7 Å². The molecule has 7 nitrogen and oxygen atoms in total. The van der Waals surface area contributed by atoms with Gasteiger partial charge in [-0.2, -0.15) is 4.98 Å². The number of ether oxygens (including phenoxy) is 1. The minimum Gasteiger partial charge on any atom is -0.484 e. The molecule has 1 N–H and O–H groups in total. The van der Waals surface area contributed by atoms with Crippen molar-refractivity contribution < 1.29 is 14.1 Å². The van der Waals surface area contributed by atoms with Gasteiger partial charge in [0, 0.05) is 16.8 Å². The van der Waals surface area contributed by atoms with Crippen molar-refractivity contribution in [3.05, 3.63) is 78.5 Å². The summed E-state index contributed by atoms with van der Waals surface area (Å²) in [6.07, 6.45) is 0. The van der Waals surface area contributed by atoms with Gasteiger partial charge in [-0.3, -0.25) is 4.79 Å². The number of nitrogens with zero attached hydrogens (tertiary/aromatic N) is 3. The first-order valence-corrected chi connectivity index (χ1v) is 9.03. The number of nitrogens with one attached hydrogen (secondary N) is 1. The van der Waals surface area contributed by atoms with Gasteiger partial charge in [-0.05, 0) is 43.3 Å². The largest absolute Gasteiger partial charge is 0.484 e. The summed E-state index contributed by atoms with van der Waals surface area (Å²) in [7, 11) is 0. The normalized spacial score (nSPS) is 10.5. The third-order valence-electron chi connectivity index (χ3n) is 4.09. The highest BCUT2D eigenvalue weighted by molar-refractivity contribution is 5.90. The molecule has 29 heavy (non-hydrogen) atoms. The fourth-order valence-electron chi connectivity index (χ4n) is 2.68. The molecule has 0 radical (unpaired) electrons. The Kier molecular flexibility index (Phi) is 5.29. The van der Waals surface area contributed by atoms with Gasteiger partial charge in [0.2, 0.25) is 5.82 Å². The van der Waals surface area contributed by atoms with Crippen LogP contribution in [0, 0.1) is 6.92 Å². The van der Waals surface area contributed by atoms with Crippen LogP contribution in [0.2, 0.25) is 0 Å². The number of carbonyl (C=O) groups is 1. The first kappa shape index (κ1) is 18.4. The van der Waals surface area contributed by atoms with Gasteiger partial charge in [0.05, 0.1) is 0 Å². The number of aromatic nitrogens is 3. The van der Waals surface area contributed by atoms with Crippen LogP contribution < -0.4 is 10.1 Å². The maximum absolute atomic E-state index is 12.0. The number of hydrogen-bond donors (Lipinski definition) is 1. The van der Waals surface area contributed by atoms with E-state index in [-0.39, 0.29) is 12.5 Å². The number of aryl methyl sites for hydroxylation is 1. The van der Waals surface area contributed by atoms with Crippen LogP contribution in [0.3, 0.4) is 0 Å². The van der Waals surface area contributed by atoms with Crippen LogP contribution in [-0.4, -0.2) is 27.6 Å². The van der Waals surface area contributed by atoms with Gasteiger partial charge in [-0.1, -0.05) is 41.6 Å². The zero-order valence-electron chi connectivity index (χ0n) is 15.7. The number of carbonyl (C=O) groups excluding carboxylic acids is 1. The number of anilines is 1. The summed E-state index contributed by atoms with van der Waals surface area (Å²) in [6, 6.07) is 22.1. The quantitative estimate of drug-likeness (QED) is 0.536. The molecular formula is C22H18N4O3. The Morgan fingerprint density at radius 2 is 1.72 bits per heavy atom. The van der Waals surface area contributed by atoms with E-state index in [0.717, 1.165) is 16.8 Å². The van der Waals surface area contributed by atoms with Crippen molar-refractivity contribution in [3.63, 3.8) is 0 Å². The molecule has 7 heteroatoms. The molecule has 2 aromatic carbocycles. The van der Waals surface area contributed by atoms with Crippen molar-refractivity contribution in [2.24, 2.45) is 0 Å². The summed E-state index contributed by atoms with van der Waals surface area (Å²) in [6.45, 7) is 1.74. The Morgan fingerprint density at radius 1 is 0.931 bits per heavy atom. The Morgan fingerprint density at radius 3 is 2.48 bits per heavy atom. The second-order valence-electron chi connectivity index (χ2n) is 6.31. The molecule has 2 heterocycles. The molecule has 0 atom stereocenters. The summed E-state index contributed by atoms with van der Waals surface area (Å²) in [4.78, 5) is 20.7. The van der Waals surface area contributed by atoms with Crippen LogP contribution in [0.4, 0.5) is 5.82 Å². The van der Waals surface area contributed by atoms with Gasteiger partial charge >= 0.3 is 0 Å². The molecule has 144 valence electrons. The third kappa shape index (κ3) is 4.65. The lowest BCUT2D eigenvalue weighted by Gasteiger charge is -2.07. The van der Waals surface area contributed by atoms with E-state index in [2.05, 4.69) is 20.4 Å². The van der Waals surface area contributed by atoms with Gasteiger partial charge in [0.15, 0.2) is 6.61 Å². The standard InChI is InChI=1S/C22H18N4O3/c1-15-6-5-9-19(23-15)24-20(27)14-28-18-12-10-17(11-13-18)22-25-21(26-29-22)16-7-3-2-4-8-16/h2-13H,14H2,1H3,(H,23,24,27). The molecule has 0 aliphatic heterocycles. The molecule has 0 saturated heterocycles. The number of hydrogen-bond acceptors (Lipinski definition) is 6. The summed E-state index contributed by atoms with van der Waals surface area (Å²) in [5.41, 5.74) is 2.48. The van der Waals surface area contributed by atoms with Crippen LogP contribution >= 0.6 is 0 Å². The Balaban J connectivity index is 1.36. The van der Waals surface area contributed by atoms with Crippen LogP contribution in [0.25, 0.3) is 22.8 Å². The van der Waals surface area contributed by atoms with Gasteiger partial charge in [0.1, 0.15) is 11.6 Å². The Labute approximate surface area is 167 Å². The predicted molar refractivity (Wildman–Crippen MR) is 108 cm³/mol. The minimum absolute atomic E-state index is 0.117. The van der Waals surface area contributed by atoms with Crippen molar-refractivity contribution in [1.29, 1.82) is 0 Å². The molecule has 2 aromatic heterocycles. The number of pyridine rings is 1. The van der Waals surface area contributed by atoms with Crippen molar-refractivity contribution in [1.82, 2.24) is 15.1 Å². The second kappa shape index (κ2) is 8.35. The molecule has 1 amide bonds. The van der Waals surface area contributed by atoms with Crippen LogP contribution in [0.5, 0.6) is 5.75 Å². The molecule has 0 bridgehead atoms. The molecular weight excluding hydrogens is 368 g/mol. The average Bonchev–Trinajstić information content (AvgIpc) is 3.24. The topological polar surface area (TPSA) is 90.1 Å². The van der Waals surface area contributed by atoms with E-state index < -0.39 is 0 Å². The minimum atomic E-state index is -0.281. The van der Waals surface area contributed by atoms with Gasteiger partial charge in [-0.25, -0.2) is 4.98 Å². The summed E-state index contributed by atoms with van der Waals surface area (Å²) in [5.74, 6) is 1.72. The highest BCUT2D eigenvalue weighted by atomic mass is 16.5. The average molecular weight is 386 g/mol. The zero-order valence-corrected chi connectivity index (χ0v) is 15.7.